The van der Waals surface area contributed by atoms with Crippen LogP contribution in [0.2, 0.25) is 0 Å². The Morgan fingerprint density at radius 3 is 3.08 bits per heavy atom. The van der Waals surface area contributed by atoms with Gasteiger partial charge in [-0.15, -0.1) is 0 Å². The summed E-state index contributed by atoms with van der Waals surface area (Å²) in [4.78, 5) is 12.7. The van der Waals surface area contributed by atoms with Crippen LogP contribution in [0.3, 0.4) is 0 Å². The average Bonchev–Trinajstić information content (AvgIpc) is 2.49. The third kappa shape index (κ3) is 1.16. The fourth-order valence-corrected chi connectivity index (χ4v) is 2.20. The molecule has 0 radical (unpaired) electrons. The van der Waals surface area contributed by atoms with E-state index in [1.54, 1.807) is 4.90 Å². The van der Waals surface area contributed by atoms with Crippen LogP contribution in [0.1, 0.15) is 19.3 Å². The van der Waals surface area contributed by atoms with Gasteiger partial charge in [-0.2, -0.15) is 0 Å². The highest BCUT2D eigenvalue weighted by atomic mass is 16.5. The monoisotopic (exact) mass is 170 g/mol. The molecule has 2 rings (SSSR count). The first-order valence-corrected chi connectivity index (χ1v) is 4.47. The van der Waals surface area contributed by atoms with Crippen LogP contribution in [0.4, 0.5) is 4.79 Å². The van der Waals surface area contributed by atoms with Crippen LogP contribution in [0.15, 0.2) is 0 Å². The van der Waals surface area contributed by atoms with Crippen molar-refractivity contribution in [3.63, 3.8) is 0 Å². The van der Waals surface area contributed by atoms with Crippen molar-refractivity contribution in [3.05, 3.63) is 0 Å². The number of nitrogens with two attached hydrogens (primary N) is 1. The van der Waals surface area contributed by atoms with Gasteiger partial charge in [0.25, 0.3) is 0 Å². The Balaban J connectivity index is 2.08. The molecule has 0 aromatic rings. The van der Waals surface area contributed by atoms with Gasteiger partial charge in [0, 0.05) is 6.54 Å². The lowest BCUT2D eigenvalue weighted by Crippen LogP contribution is -2.53. The van der Waals surface area contributed by atoms with Crippen molar-refractivity contribution < 1.29 is 9.53 Å². The molecule has 4 heteroatoms. The Morgan fingerprint density at radius 2 is 2.33 bits per heavy atom. The van der Waals surface area contributed by atoms with Gasteiger partial charge in [0.05, 0.1) is 18.8 Å². The van der Waals surface area contributed by atoms with E-state index in [-0.39, 0.29) is 18.2 Å². The fraction of sp³-hybridized carbons (Fsp3) is 0.875. The Bertz CT molecular complexity index is 195. The molecule has 1 heterocycles. The molecule has 0 aromatic carbocycles. The predicted octanol–water partition coefficient (Wildman–Crippen LogP) is 0.318. The summed E-state index contributed by atoms with van der Waals surface area (Å²) < 4.78 is 5.53. The molecule has 0 aromatic heterocycles. The topological polar surface area (TPSA) is 55.6 Å². The predicted molar refractivity (Wildman–Crippen MR) is 43.7 cm³/mol. The Hall–Kier alpha value is -0.770. The summed E-state index contributed by atoms with van der Waals surface area (Å²) in [6.45, 7) is 1.31. The minimum Gasteiger partial charge on any atom is -0.374 e. The number of carbonyl (C=O) groups excluding carboxylic acids is 1. The van der Waals surface area contributed by atoms with Crippen molar-refractivity contribution >= 4 is 6.03 Å². The molecular formula is C8H14N2O2. The first-order valence-electron chi connectivity index (χ1n) is 4.47. The molecule has 2 aliphatic rings. The molecule has 2 N–H and O–H groups in total. The van der Waals surface area contributed by atoms with Crippen molar-refractivity contribution in [2.75, 3.05) is 13.2 Å². The molecule has 1 aliphatic carbocycles. The normalized spacial score (nSPS) is 34.8. The van der Waals surface area contributed by atoms with Crippen LogP contribution in [-0.4, -0.2) is 36.2 Å². The summed E-state index contributed by atoms with van der Waals surface area (Å²) in [7, 11) is 0. The van der Waals surface area contributed by atoms with Gasteiger partial charge >= 0.3 is 6.03 Å². The van der Waals surface area contributed by atoms with Crippen LogP contribution in [0.5, 0.6) is 0 Å². The molecule has 68 valence electrons. The average molecular weight is 170 g/mol. The van der Waals surface area contributed by atoms with Crippen molar-refractivity contribution in [2.45, 2.75) is 31.4 Å². The van der Waals surface area contributed by atoms with Gasteiger partial charge in [0.2, 0.25) is 0 Å². The molecule has 2 atom stereocenters. The third-order valence-electron chi connectivity index (χ3n) is 2.77. The Kier molecular flexibility index (Phi) is 1.92. The number of ether oxygens (including phenoxy) is 1. The molecule has 1 saturated carbocycles. The van der Waals surface area contributed by atoms with E-state index in [1.807, 2.05) is 0 Å². The number of morpholine rings is 1. The van der Waals surface area contributed by atoms with E-state index in [2.05, 4.69) is 0 Å². The quantitative estimate of drug-likeness (QED) is 0.569. The second kappa shape index (κ2) is 2.94. The highest BCUT2D eigenvalue weighted by molar-refractivity contribution is 5.72. The molecule has 4 nitrogen and oxygen atoms in total. The van der Waals surface area contributed by atoms with E-state index in [0.29, 0.717) is 13.2 Å². The maximum atomic E-state index is 11.0. The van der Waals surface area contributed by atoms with E-state index in [1.165, 1.54) is 0 Å². The van der Waals surface area contributed by atoms with Gasteiger partial charge in [-0.1, -0.05) is 0 Å². The number of fused-ring (bicyclic) bond motifs is 1. The number of amides is 2. The molecule has 0 unspecified atom stereocenters. The second-order valence-electron chi connectivity index (χ2n) is 3.44. The zero-order valence-corrected chi connectivity index (χ0v) is 7.03. The number of hydrogen-bond donors (Lipinski definition) is 1. The number of urea groups is 1. The van der Waals surface area contributed by atoms with Crippen LogP contribution in [0.25, 0.3) is 0 Å². The smallest absolute Gasteiger partial charge is 0.315 e. The largest absolute Gasteiger partial charge is 0.374 e. The van der Waals surface area contributed by atoms with Crippen LogP contribution >= 0.6 is 0 Å². The molecule has 0 bridgehead atoms. The number of rotatable bonds is 0. The minimum atomic E-state index is -0.296. The van der Waals surface area contributed by atoms with E-state index >= 15 is 0 Å². The summed E-state index contributed by atoms with van der Waals surface area (Å²) in [6.07, 6.45) is 3.53. The maximum Gasteiger partial charge on any atom is 0.315 e. The lowest BCUT2D eigenvalue weighted by atomic mass is 10.1. The number of nitrogens with zero attached hydrogens (tertiary/aromatic N) is 1. The molecule has 2 amide bonds. The highest BCUT2D eigenvalue weighted by Crippen LogP contribution is 2.29. The second-order valence-corrected chi connectivity index (χ2v) is 3.44. The first-order chi connectivity index (χ1) is 5.79. The lowest BCUT2D eigenvalue weighted by molar-refractivity contribution is -0.0369. The standard InChI is InChI=1S/C8H14N2O2/c9-8(11)10-4-5-12-7-3-1-2-6(7)10/h6-7H,1-5H2,(H2,9,11)/t6-,7+/m0/s1. The van der Waals surface area contributed by atoms with E-state index in [0.717, 1.165) is 19.3 Å². The van der Waals surface area contributed by atoms with Gasteiger partial charge in [-0.25, -0.2) is 4.79 Å². The molecule has 0 spiro atoms. The SMILES string of the molecule is NC(=O)N1CCO[C@@H]2CCC[C@@H]21. The van der Waals surface area contributed by atoms with Crippen molar-refractivity contribution in [1.29, 1.82) is 0 Å². The zero-order valence-electron chi connectivity index (χ0n) is 7.03. The zero-order chi connectivity index (χ0) is 8.55. The molecule has 1 saturated heterocycles. The summed E-state index contributed by atoms with van der Waals surface area (Å²) in [6, 6.07) is -0.0357. The van der Waals surface area contributed by atoms with Gasteiger partial charge in [0.15, 0.2) is 0 Å². The summed E-state index contributed by atoms with van der Waals surface area (Å²) in [5.74, 6) is 0. The summed E-state index contributed by atoms with van der Waals surface area (Å²) in [5, 5.41) is 0. The lowest BCUT2D eigenvalue weighted by Gasteiger charge is -2.36. The highest BCUT2D eigenvalue weighted by Gasteiger charge is 2.37. The van der Waals surface area contributed by atoms with Crippen LogP contribution < -0.4 is 5.73 Å². The Labute approximate surface area is 71.7 Å². The van der Waals surface area contributed by atoms with Gasteiger partial charge in [0.1, 0.15) is 0 Å². The summed E-state index contributed by atoms with van der Waals surface area (Å²) in [5.41, 5.74) is 5.25. The van der Waals surface area contributed by atoms with E-state index < -0.39 is 0 Å². The fourth-order valence-electron chi connectivity index (χ4n) is 2.20. The molecular weight excluding hydrogens is 156 g/mol. The van der Waals surface area contributed by atoms with Crippen molar-refractivity contribution in [2.24, 2.45) is 5.73 Å². The minimum absolute atomic E-state index is 0.256. The van der Waals surface area contributed by atoms with Crippen molar-refractivity contribution in [3.8, 4) is 0 Å². The maximum absolute atomic E-state index is 11.0. The molecule has 2 fully saturated rings. The van der Waals surface area contributed by atoms with Gasteiger partial charge in [-0.3, -0.25) is 0 Å². The Morgan fingerprint density at radius 1 is 1.50 bits per heavy atom. The molecule has 1 aliphatic heterocycles. The summed E-state index contributed by atoms with van der Waals surface area (Å²) >= 11 is 0. The first kappa shape index (κ1) is 7.86. The van der Waals surface area contributed by atoms with E-state index in [9.17, 15) is 4.79 Å². The van der Waals surface area contributed by atoms with Crippen molar-refractivity contribution in [1.82, 2.24) is 4.90 Å². The van der Waals surface area contributed by atoms with Crippen LogP contribution in [-0.2, 0) is 4.74 Å². The molecule has 12 heavy (non-hydrogen) atoms. The van der Waals surface area contributed by atoms with Gasteiger partial charge < -0.3 is 15.4 Å². The third-order valence-corrected chi connectivity index (χ3v) is 2.77. The number of hydrogen-bond acceptors (Lipinski definition) is 2. The number of primary amides is 1. The van der Waals surface area contributed by atoms with Crippen LogP contribution in [0, 0.1) is 0 Å². The number of carbonyl (C=O) groups is 1. The van der Waals surface area contributed by atoms with E-state index in [4.69, 9.17) is 10.5 Å². The van der Waals surface area contributed by atoms with Gasteiger partial charge in [-0.05, 0) is 19.3 Å².